The Morgan fingerprint density at radius 1 is 0.870 bits per heavy atom. The largest absolute Gasteiger partial charge is 0.493 e. The van der Waals surface area contributed by atoms with Gasteiger partial charge in [-0.3, -0.25) is 0 Å². The van der Waals surface area contributed by atoms with Crippen LogP contribution in [0.4, 0.5) is 0 Å². The Kier molecular flexibility index (Phi) is 5.51. The number of benzene rings is 2. The van der Waals surface area contributed by atoms with Gasteiger partial charge in [0.1, 0.15) is 5.75 Å². The summed E-state index contributed by atoms with van der Waals surface area (Å²) in [6, 6.07) is 19.7. The van der Waals surface area contributed by atoms with Gasteiger partial charge in [-0.25, -0.2) is 0 Å². The van der Waals surface area contributed by atoms with Crippen LogP contribution in [0.25, 0.3) is 0 Å². The normalized spacial score (nSPS) is 12.2. The van der Waals surface area contributed by atoms with Crippen molar-refractivity contribution in [1.82, 2.24) is 0 Å². The lowest BCUT2D eigenvalue weighted by molar-refractivity contribution is 0.283. The third-order valence-electron chi connectivity index (χ3n) is 4.05. The summed E-state index contributed by atoms with van der Waals surface area (Å²) in [5.74, 6) is 0.947. The van der Waals surface area contributed by atoms with Gasteiger partial charge in [0.25, 0.3) is 0 Å². The van der Waals surface area contributed by atoms with E-state index in [1.807, 2.05) is 12.1 Å². The van der Waals surface area contributed by atoms with Gasteiger partial charge in [0.05, 0.1) is 6.61 Å². The average Bonchev–Trinajstić information content (AvgIpc) is 2.46. The van der Waals surface area contributed by atoms with Crippen molar-refractivity contribution >= 4 is 0 Å². The Labute approximate surface area is 141 Å². The van der Waals surface area contributed by atoms with E-state index in [1.165, 1.54) is 11.1 Å². The van der Waals surface area contributed by atoms with E-state index in [4.69, 9.17) is 4.74 Å². The van der Waals surface area contributed by atoms with E-state index in [9.17, 15) is 0 Å². The van der Waals surface area contributed by atoms with E-state index < -0.39 is 0 Å². The summed E-state index contributed by atoms with van der Waals surface area (Å²) >= 11 is 0. The molecule has 0 bridgehead atoms. The Bertz CT molecular complexity index is 588. The minimum Gasteiger partial charge on any atom is -0.493 e. The molecule has 123 valence electrons. The highest BCUT2D eigenvalue weighted by Crippen LogP contribution is 2.36. The van der Waals surface area contributed by atoms with Gasteiger partial charge in [0, 0.05) is 6.42 Å². The summed E-state index contributed by atoms with van der Waals surface area (Å²) in [7, 11) is 0. The Morgan fingerprint density at radius 3 is 2.04 bits per heavy atom. The summed E-state index contributed by atoms with van der Waals surface area (Å²) in [6.07, 6.45) is 2.08. The predicted molar refractivity (Wildman–Crippen MR) is 98.0 cm³/mol. The molecule has 0 aliphatic carbocycles. The highest BCUT2D eigenvalue weighted by molar-refractivity contribution is 5.32. The van der Waals surface area contributed by atoms with Crippen molar-refractivity contribution in [3.8, 4) is 5.75 Å². The van der Waals surface area contributed by atoms with E-state index in [2.05, 4.69) is 77.1 Å². The monoisotopic (exact) mass is 309 g/mol. The molecule has 23 heavy (non-hydrogen) atoms. The average molecular weight is 309 g/mol. The molecule has 1 nitrogen and oxygen atoms in total. The maximum Gasteiger partial charge on any atom is 0.119 e. The second-order valence-corrected chi connectivity index (χ2v) is 8.15. The van der Waals surface area contributed by atoms with Gasteiger partial charge >= 0.3 is 0 Å². The zero-order chi connectivity index (χ0) is 16.9. The lowest BCUT2D eigenvalue weighted by atomic mass is 9.72. The van der Waals surface area contributed by atoms with Crippen LogP contribution in [0.5, 0.6) is 5.75 Å². The lowest BCUT2D eigenvalue weighted by Crippen LogP contribution is -2.24. The van der Waals surface area contributed by atoms with Crippen molar-refractivity contribution in [3.05, 3.63) is 65.7 Å². The first-order valence-electron chi connectivity index (χ1n) is 8.45. The number of ether oxygens (including phenoxy) is 1. The first kappa shape index (κ1) is 17.6. The highest BCUT2D eigenvalue weighted by atomic mass is 16.5. The molecule has 0 heterocycles. The zero-order valence-electron chi connectivity index (χ0n) is 15.1. The van der Waals surface area contributed by atoms with Crippen LogP contribution in [-0.2, 0) is 11.8 Å². The maximum absolute atomic E-state index is 5.87. The van der Waals surface area contributed by atoms with Gasteiger partial charge in [-0.2, -0.15) is 0 Å². The molecule has 0 fully saturated rings. The minimum absolute atomic E-state index is 0.178. The molecular weight excluding hydrogens is 280 g/mol. The molecule has 0 saturated carbocycles. The summed E-state index contributed by atoms with van der Waals surface area (Å²) in [6.45, 7) is 12.2. The summed E-state index contributed by atoms with van der Waals surface area (Å²) in [5.41, 5.74) is 3.16. The Hall–Kier alpha value is -1.76. The second-order valence-electron chi connectivity index (χ2n) is 8.15. The van der Waals surface area contributed by atoms with E-state index in [0.29, 0.717) is 12.0 Å². The fraction of sp³-hybridized carbons (Fsp3) is 0.455. The molecule has 1 heteroatoms. The molecule has 0 atom stereocenters. The van der Waals surface area contributed by atoms with Gasteiger partial charge in [-0.05, 0) is 46.6 Å². The third kappa shape index (κ3) is 5.74. The quantitative estimate of drug-likeness (QED) is 0.653. The molecule has 1 radical (unpaired) electrons. The van der Waals surface area contributed by atoms with Crippen molar-refractivity contribution in [1.29, 1.82) is 0 Å². The van der Waals surface area contributed by atoms with Gasteiger partial charge < -0.3 is 4.74 Å². The minimum atomic E-state index is 0.178. The van der Waals surface area contributed by atoms with Crippen LogP contribution in [0.15, 0.2) is 48.5 Å². The van der Waals surface area contributed by atoms with Crippen LogP contribution < -0.4 is 4.74 Å². The molecular formula is C22H29O. The van der Waals surface area contributed by atoms with Crippen LogP contribution in [0, 0.1) is 11.5 Å². The van der Waals surface area contributed by atoms with Crippen LogP contribution in [0.3, 0.4) is 0 Å². The van der Waals surface area contributed by atoms with Crippen molar-refractivity contribution in [2.75, 3.05) is 6.61 Å². The van der Waals surface area contributed by atoms with Crippen LogP contribution in [0.1, 0.15) is 52.2 Å². The SMILES string of the molecule is CC(C)(C)CC(C)(C)c1ccc(OCCc2cc[c]cc2)cc1. The van der Waals surface area contributed by atoms with E-state index >= 15 is 0 Å². The summed E-state index contributed by atoms with van der Waals surface area (Å²) in [4.78, 5) is 0. The molecule has 0 aliphatic heterocycles. The van der Waals surface area contributed by atoms with E-state index in [-0.39, 0.29) is 5.41 Å². The molecule has 0 aliphatic rings. The van der Waals surface area contributed by atoms with Crippen molar-refractivity contribution in [2.45, 2.75) is 52.9 Å². The highest BCUT2D eigenvalue weighted by Gasteiger charge is 2.27. The molecule has 2 rings (SSSR count). The second kappa shape index (κ2) is 7.21. The number of hydrogen-bond acceptors (Lipinski definition) is 1. The summed E-state index contributed by atoms with van der Waals surface area (Å²) < 4.78 is 5.87. The maximum atomic E-state index is 5.87. The van der Waals surface area contributed by atoms with Crippen molar-refractivity contribution in [2.24, 2.45) is 5.41 Å². The van der Waals surface area contributed by atoms with Gasteiger partial charge in [-0.1, -0.05) is 71.0 Å². The van der Waals surface area contributed by atoms with Crippen molar-refractivity contribution < 1.29 is 4.74 Å². The first-order valence-corrected chi connectivity index (χ1v) is 8.45. The number of rotatable bonds is 6. The molecule has 0 N–H and O–H groups in total. The molecule has 0 unspecified atom stereocenters. The molecule has 0 amide bonds. The standard InChI is InChI=1S/C22H29O/c1-21(2,3)17-22(4,5)19-11-13-20(14-12-19)23-16-15-18-9-7-6-8-10-18/h7-14H,15-17H2,1-5H3. The van der Waals surface area contributed by atoms with Gasteiger partial charge in [0.15, 0.2) is 0 Å². The van der Waals surface area contributed by atoms with E-state index in [0.717, 1.165) is 18.6 Å². The lowest BCUT2D eigenvalue weighted by Gasteiger charge is -2.33. The predicted octanol–water partition coefficient (Wildman–Crippen LogP) is 5.82. The van der Waals surface area contributed by atoms with Gasteiger partial charge in [0.2, 0.25) is 0 Å². The third-order valence-corrected chi connectivity index (χ3v) is 4.05. The Morgan fingerprint density at radius 2 is 1.48 bits per heavy atom. The number of hydrogen-bond donors (Lipinski definition) is 0. The van der Waals surface area contributed by atoms with Crippen LogP contribution in [0.2, 0.25) is 0 Å². The molecule has 0 spiro atoms. The zero-order valence-corrected chi connectivity index (χ0v) is 15.1. The molecule has 0 aromatic heterocycles. The van der Waals surface area contributed by atoms with Crippen LogP contribution >= 0.6 is 0 Å². The fourth-order valence-electron chi connectivity index (χ4n) is 3.31. The van der Waals surface area contributed by atoms with Crippen molar-refractivity contribution in [3.63, 3.8) is 0 Å². The Balaban J connectivity index is 1.91. The fourth-order valence-corrected chi connectivity index (χ4v) is 3.31. The van der Waals surface area contributed by atoms with Gasteiger partial charge in [-0.15, -0.1) is 0 Å². The van der Waals surface area contributed by atoms with Crippen LogP contribution in [-0.4, -0.2) is 6.61 Å². The molecule has 2 aromatic rings. The topological polar surface area (TPSA) is 9.23 Å². The summed E-state index contributed by atoms with van der Waals surface area (Å²) in [5, 5.41) is 0. The molecule has 0 saturated heterocycles. The molecule has 2 aromatic carbocycles. The first-order chi connectivity index (χ1) is 10.8. The van der Waals surface area contributed by atoms with E-state index in [1.54, 1.807) is 0 Å². The smallest absolute Gasteiger partial charge is 0.119 e.